The third kappa shape index (κ3) is 3.95. The standard InChI is InChI=1S/C10H16N2O/c1-2-3-4-10(13)12-9-5-7-11-8-6-9/h1,9,11H,3-8H2,(H,12,13). The number of carbonyl (C=O) groups excluding carboxylic acids is 1. The van der Waals surface area contributed by atoms with Crippen molar-refractivity contribution in [1.82, 2.24) is 10.6 Å². The molecule has 1 fully saturated rings. The second-order valence-corrected chi connectivity index (χ2v) is 3.30. The summed E-state index contributed by atoms with van der Waals surface area (Å²) in [5.74, 6) is 2.55. The lowest BCUT2D eigenvalue weighted by molar-refractivity contribution is -0.121. The lowest BCUT2D eigenvalue weighted by atomic mass is 10.1. The minimum absolute atomic E-state index is 0.0878. The van der Waals surface area contributed by atoms with Crippen LogP contribution in [0.3, 0.4) is 0 Å². The Labute approximate surface area is 79.3 Å². The molecule has 1 heterocycles. The summed E-state index contributed by atoms with van der Waals surface area (Å²) in [6.07, 6.45) is 8.13. The van der Waals surface area contributed by atoms with Crippen LogP contribution >= 0.6 is 0 Å². The van der Waals surface area contributed by atoms with Gasteiger partial charge in [-0.1, -0.05) is 0 Å². The van der Waals surface area contributed by atoms with Gasteiger partial charge in [0.25, 0.3) is 0 Å². The van der Waals surface area contributed by atoms with Crippen LogP contribution in [0.2, 0.25) is 0 Å². The Balaban J connectivity index is 2.15. The van der Waals surface area contributed by atoms with E-state index in [0.717, 1.165) is 25.9 Å². The van der Waals surface area contributed by atoms with Crippen molar-refractivity contribution in [2.75, 3.05) is 13.1 Å². The van der Waals surface area contributed by atoms with Crippen LogP contribution in [-0.4, -0.2) is 25.0 Å². The summed E-state index contributed by atoms with van der Waals surface area (Å²) in [4.78, 5) is 11.2. The molecule has 13 heavy (non-hydrogen) atoms. The minimum Gasteiger partial charge on any atom is -0.353 e. The highest BCUT2D eigenvalue weighted by molar-refractivity contribution is 5.76. The molecule has 1 saturated heterocycles. The average Bonchev–Trinajstić information content (AvgIpc) is 2.16. The topological polar surface area (TPSA) is 41.1 Å². The fourth-order valence-electron chi connectivity index (χ4n) is 1.45. The minimum atomic E-state index is 0.0878. The third-order valence-corrected chi connectivity index (χ3v) is 2.20. The van der Waals surface area contributed by atoms with E-state index in [4.69, 9.17) is 6.42 Å². The number of hydrogen-bond acceptors (Lipinski definition) is 2. The van der Waals surface area contributed by atoms with E-state index in [1.807, 2.05) is 0 Å². The van der Waals surface area contributed by atoms with Gasteiger partial charge in [-0.15, -0.1) is 12.3 Å². The molecule has 0 saturated carbocycles. The van der Waals surface area contributed by atoms with E-state index in [0.29, 0.717) is 18.9 Å². The Hall–Kier alpha value is -1.01. The maximum absolute atomic E-state index is 11.2. The number of rotatable bonds is 3. The predicted molar refractivity (Wildman–Crippen MR) is 52.1 cm³/mol. The number of carbonyl (C=O) groups is 1. The second kappa shape index (κ2) is 5.60. The van der Waals surface area contributed by atoms with Crippen molar-refractivity contribution in [3.63, 3.8) is 0 Å². The summed E-state index contributed by atoms with van der Waals surface area (Å²) in [6, 6.07) is 0.353. The molecule has 0 bridgehead atoms. The summed E-state index contributed by atoms with van der Waals surface area (Å²) < 4.78 is 0. The number of amides is 1. The molecule has 1 aliphatic rings. The van der Waals surface area contributed by atoms with Gasteiger partial charge in [0.05, 0.1) is 0 Å². The van der Waals surface area contributed by atoms with E-state index < -0.39 is 0 Å². The van der Waals surface area contributed by atoms with Gasteiger partial charge in [-0.05, 0) is 25.9 Å². The fourth-order valence-corrected chi connectivity index (χ4v) is 1.45. The lowest BCUT2D eigenvalue weighted by Gasteiger charge is -2.23. The maximum Gasteiger partial charge on any atom is 0.221 e. The summed E-state index contributed by atoms with van der Waals surface area (Å²) in [6.45, 7) is 2.00. The Morgan fingerprint density at radius 2 is 2.23 bits per heavy atom. The van der Waals surface area contributed by atoms with Crippen molar-refractivity contribution in [3.8, 4) is 12.3 Å². The molecule has 0 aliphatic carbocycles. The van der Waals surface area contributed by atoms with Crippen LogP contribution in [0.5, 0.6) is 0 Å². The van der Waals surface area contributed by atoms with Crippen molar-refractivity contribution in [2.24, 2.45) is 0 Å². The van der Waals surface area contributed by atoms with Crippen LogP contribution in [0, 0.1) is 12.3 Å². The Bertz CT molecular complexity index is 201. The predicted octanol–water partition coefficient (Wildman–Crippen LogP) is 0.268. The van der Waals surface area contributed by atoms with Crippen molar-refractivity contribution < 1.29 is 4.79 Å². The van der Waals surface area contributed by atoms with Crippen molar-refractivity contribution in [1.29, 1.82) is 0 Å². The zero-order chi connectivity index (χ0) is 9.52. The zero-order valence-electron chi connectivity index (χ0n) is 7.81. The molecule has 1 amide bonds. The summed E-state index contributed by atoms with van der Waals surface area (Å²) in [5.41, 5.74) is 0. The number of nitrogens with one attached hydrogen (secondary N) is 2. The highest BCUT2D eigenvalue weighted by atomic mass is 16.1. The number of piperidine rings is 1. The molecule has 0 spiro atoms. The quantitative estimate of drug-likeness (QED) is 0.612. The lowest BCUT2D eigenvalue weighted by Crippen LogP contribution is -2.42. The molecule has 2 N–H and O–H groups in total. The molecule has 0 atom stereocenters. The van der Waals surface area contributed by atoms with Crippen LogP contribution in [0.4, 0.5) is 0 Å². The van der Waals surface area contributed by atoms with E-state index >= 15 is 0 Å². The Kier molecular flexibility index (Phi) is 4.34. The van der Waals surface area contributed by atoms with Gasteiger partial charge in [-0.3, -0.25) is 4.79 Å². The normalized spacial score (nSPS) is 17.8. The van der Waals surface area contributed by atoms with E-state index in [2.05, 4.69) is 16.6 Å². The van der Waals surface area contributed by atoms with Gasteiger partial charge in [0.1, 0.15) is 0 Å². The van der Waals surface area contributed by atoms with Gasteiger partial charge in [0, 0.05) is 18.9 Å². The monoisotopic (exact) mass is 180 g/mol. The van der Waals surface area contributed by atoms with Crippen molar-refractivity contribution in [3.05, 3.63) is 0 Å². The van der Waals surface area contributed by atoms with Gasteiger partial charge in [0.2, 0.25) is 5.91 Å². The largest absolute Gasteiger partial charge is 0.353 e. The van der Waals surface area contributed by atoms with Gasteiger partial charge >= 0.3 is 0 Å². The SMILES string of the molecule is C#CCCC(=O)NC1CCNCC1. The first-order valence-corrected chi connectivity index (χ1v) is 4.76. The molecular weight excluding hydrogens is 164 g/mol. The van der Waals surface area contributed by atoms with Crippen LogP contribution < -0.4 is 10.6 Å². The molecule has 3 nitrogen and oxygen atoms in total. The molecule has 1 aliphatic heterocycles. The van der Waals surface area contributed by atoms with Crippen molar-refractivity contribution >= 4 is 5.91 Å². The molecular formula is C10H16N2O. The van der Waals surface area contributed by atoms with E-state index in [1.165, 1.54) is 0 Å². The highest BCUT2D eigenvalue weighted by Crippen LogP contribution is 2.02. The fraction of sp³-hybridized carbons (Fsp3) is 0.700. The molecule has 3 heteroatoms. The summed E-state index contributed by atoms with van der Waals surface area (Å²) in [7, 11) is 0. The smallest absolute Gasteiger partial charge is 0.221 e. The molecule has 72 valence electrons. The molecule has 0 radical (unpaired) electrons. The first kappa shape index (κ1) is 10.1. The van der Waals surface area contributed by atoms with Gasteiger partial charge in [-0.25, -0.2) is 0 Å². The van der Waals surface area contributed by atoms with E-state index in [-0.39, 0.29) is 5.91 Å². The van der Waals surface area contributed by atoms with Gasteiger partial charge in [-0.2, -0.15) is 0 Å². The highest BCUT2D eigenvalue weighted by Gasteiger charge is 2.14. The van der Waals surface area contributed by atoms with Crippen LogP contribution in [-0.2, 0) is 4.79 Å². The number of terminal acetylenes is 1. The van der Waals surface area contributed by atoms with Crippen LogP contribution in [0.15, 0.2) is 0 Å². The number of hydrogen-bond donors (Lipinski definition) is 2. The third-order valence-electron chi connectivity index (χ3n) is 2.20. The second-order valence-electron chi connectivity index (χ2n) is 3.30. The van der Waals surface area contributed by atoms with E-state index in [1.54, 1.807) is 0 Å². The average molecular weight is 180 g/mol. The Morgan fingerprint density at radius 3 is 2.85 bits per heavy atom. The Morgan fingerprint density at radius 1 is 1.54 bits per heavy atom. The molecule has 1 rings (SSSR count). The summed E-state index contributed by atoms with van der Waals surface area (Å²) in [5, 5.41) is 6.23. The molecule has 0 aromatic heterocycles. The van der Waals surface area contributed by atoms with Crippen molar-refractivity contribution in [2.45, 2.75) is 31.7 Å². The van der Waals surface area contributed by atoms with Crippen LogP contribution in [0.1, 0.15) is 25.7 Å². The first-order chi connectivity index (χ1) is 6.33. The summed E-state index contributed by atoms with van der Waals surface area (Å²) >= 11 is 0. The van der Waals surface area contributed by atoms with Gasteiger partial charge in [0.15, 0.2) is 0 Å². The van der Waals surface area contributed by atoms with Gasteiger partial charge < -0.3 is 10.6 Å². The molecule has 0 aromatic rings. The van der Waals surface area contributed by atoms with E-state index in [9.17, 15) is 4.79 Å². The zero-order valence-corrected chi connectivity index (χ0v) is 7.81. The molecule has 0 aromatic carbocycles. The molecule has 0 unspecified atom stereocenters. The first-order valence-electron chi connectivity index (χ1n) is 4.76. The maximum atomic E-state index is 11.2. The van der Waals surface area contributed by atoms with Crippen LogP contribution in [0.25, 0.3) is 0 Å².